The first kappa shape index (κ1) is 12.9. The van der Waals surface area contributed by atoms with Gasteiger partial charge in [0.15, 0.2) is 0 Å². The normalized spacial score (nSPS) is 12.9. The molecular weight excluding hydrogens is 250 g/mol. The molecule has 0 spiro atoms. The van der Waals surface area contributed by atoms with Crippen LogP contribution in [0.15, 0.2) is 35.0 Å². The lowest BCUT2D eigenvalue weighted by atomic mass is 10.1. The number of hydrogen-bond acceptors (Lipinski definition) is 3. The summed E-state index contributed by atoms with van der Waals surface area (Å²) >= 11 is 0. The van der Waals surface area contributed by atoms with Crippen LogP contribution in [0.3, 0.4) is 0 Å². The molecule has 0 aromatic carbocycles. The van der Waals surface area contributed by atoms with Gasteiger partial charge < -0.3 is 14.7 Å². The molecule has 1 unspecified atom stereocenters. The summed E-state index contributed by atoms with van der Waals surface area (Å²) in [6, 6.07) is 6.42. The lowest BCUT2D eigenvalue weighted by Crippen LogP contribution is -2.18. The number of nitrogens with zero attached hydrogens (tertiary/aromatic N) is 1. The molecule has 0 amide bonds. The second kappa shape index (κ2) is 5.13. The minimum absolute atomic E-state index is 0.258. The van der Waals surface area contributed by atoms with E-state index in [0.717, 1.165) is 23.7 Å². The Balaban J connectivity index is 1.74. The van der Waals surface area contributed by atoms with Gasteiger partial charge in [0.2, 0.25) is 0 Å². The number of fused-ring (bicyclic) bond motifs is 1. The molecule has 0 saturated carbocycles. The molecule has 4 heteroatoms. The highest BCUT2D eigenvalue weighted by atomic mass is 16.3. The summed E-state index contributed by atoms with van der Waals surface area (Å²) in [5.74, 6) is 1.95. The monoisotopic (exact) mass is 269 g/mol. The van der Waals surface area contributed by atoms with E-state index in [1.165, 1.54) is 16.5 Å². The van der Waals surface area contributed by atoms with E-state index >= 15 is 0 Å². The van der Waals surface area contributed by atoms with Crippen LogP contribution in [0.1, 0.15) is 35.6 Å². The molecule has 0 fully saturated rings. The first-order valence-electron chi connectivity index (χ1n) is 6.86. The Bertz CT molecular complexity index is 726. The van der Waals surface area contributed by atoms with Crippen molar-refractivity contribution in [1.29, 1.82) is 0 Å². The number of aromatic amines is 1. The van der Waals surface area contributed by atoms with Crippen molar-refractivity contribution in [2.75, 3.05) is 0 Å². The zero-order chi connectivity index (χ0) is 14.1. The predicted octanol–water partition coefficient (Wildman–Crippen LogP) is 3.62. The summed E-state index contributed by atoms with van der Waals surface area (Å²) < 4.78 is 5.59. The van der Waals surface area contributed by atoms with Crippen molar-refractivity contribution < 1.29 is 4.42 Å². The first-order chi connectivity index (χ1) is 9.65. The van der Waals surface area contributed by atoms with Gasteiger partial charge in [-0.15, -0.1) is 0 Å². The molecular formula is C16H19N3O. The Kier molecular flexibility index (Phi) is 3.32. The molecule has 2 N–H and O–H groups in total. The third-order valence-corrected chi connectivity index (χ3v) is 3.68. The van der Waals surface area contributed by atoms with E-state index < -0.39 is 0 Å². The molecule has 104 valence electrons. The maximum absolute atomic E-state index is 5.59. The van der Waals surface area contributed by atoms with E-state index in [1.807, 2.05) is 26.1 Å². The summed E-state index contributed by atoms with van der Waals surface area (Å²) in [4.78, 5) is 7.50. The fourth-order valence-electron chi connectivity index (χ4n) is 2.61. The van der Waals surface area contributed by atoms with E-state index in [4.69, 9.17) is 4.42 Å². The number of rotatable bonds is 4. The lowest BCUT2D eigenvalue weighted by molar-refractivity contribution is 0.490. The standard InChI is InChI=1S/C16H19N3O/c1-10-7-15(12(3)20-10)11(2)18-8-13-9-19-16-14(13)5-4-6-17-16/h4-7,9,11,18H,8H2,1-3H3,(H,17,19). The molecule has 1 atom stereocenters. The number of furan rings is 1. The van der Waals surface area contributed by atoms with Gasteiger partial charge in [-0.25, -0.2) is 4.98 Å². The van der Waals surface area contributed by atoms with E-state index in [0.29, 0.717) is 0 Å². The molecule has 3 aromatic heterocycles. The molecule has 20 heavy (non-hydrogen) atoms. The van der Waals surface area contributed by atoms with Crippen molar-refractivity contribution in [1.82, 2.24) is 15.3 Å². The Morgan fingerprint density at radius 2 is 2.25 bits per heavy atom. The number of hydrogen-bond donors (Lipinski definition) is 2. The lowest BCUT2D eigenvalue weighted by Gasteiger charge is -2.12. The third-order valence-electron chi connectivity index (χ3n) is 3.68. The molecule has 3 rings (SSSR count). The van der Waals surface area contributed by atoms with Crippen molar-refractivity contribution in [2.45, 2.75) is 33.4 Å². The third kappa shape index (κ3) is 2.34. The Hall–Kier alpha value is -2.07. The van der Waals surface area contributed by atoms with Gasteiger partial charge in [0, 0.05) is 35.9 Å². The van der Waals surface area contributed by atoms with Crippen molar-refractivity contribution >= 4 is 11.0 Å². The highest BCUT2D eigenvalue weighted by Crippen LogP contribution is 2.22. The summed E-state index contributed by atoms with van der Waals surface area (Å²) in [6.45, 7) is 6.95. The SMILES string of the molecule is Cc1cc(C(C)NCc2c[nH]c3ncccc23)c(C)o1. The smallest absolute Gasteiger partial charge is 0.137 e. The average Bonchev–Trinajstić information content (AvgIpc) is 2.99. The molecule has 0 saturated heterocycles. The van der Waals surface area contributed by atoms with Crippen LogP contribution in [0.2, 0.25) is 0 Å². The van der Waals surface area contributed by atoms with Gasteiger partial charge in [0.1, 0.15) is 17.2 Å². The van der Waals surface area contributed by atoms with Gasteiger partial charge >= 0.3 is 0 Å². The van der Waals surface area contributed by atoms with Crippen LogP contribution >= 0.6 is 0 Å². The molecule has 0 aliphatic heterocycles. The van der Waals surface area contributed by atoms with Gasteiger partial charge in [0.25, 0.3) is 0 Å². The highest BCUT2D eigenvalue weighted by Gasteiger charge is 2.13. The van der Waals surface area contributed by atoms with E-state index in [-0.39, 0.29) is 6.04 Å². The average molecular weight is 269 g/mol. The molecule has 0 aliphatic rings. The maximum Gasteiger partial charge on any atom is 0.137 e. The quantitative estimate of drug-likeness (QED) is 0.760. The zero-order valence-corrected chi connectivity index (χ0v) is 12.0. The highest BCUT2D eigenvalue weighted by molar-refractivity contribution is 5.79. The second-order valence-corrected chi connectivity index (χ2v) is 5.18. The Labute approximate surface area is 118 Å². The van der Waals surface area contributed by atoms with Gasteiger partial charge in [-0.05, 0) is 44.5 Å². The van der Waals surface area contributed by atoms with Gasteiger partial charge in [-0.1, -0.05) is 0 Å². The molecule has 3 heterocycles. The van der Waals surface area contributed by atoms with Gasteiger partial charge in [0.05, 0.1) is 0 Å². The van der Waals surface area contributed by atoms with E-state index in [2.05, 4.69) is 34.3 Å². The van der Waals surface area contributed by atoms with Crippen molar-refractivity contribution in [3.05, 3.63) is 53.2 Å². The van der Waals surface area contributed by atoms with E-state index in [1.54, 1.807) is 6.20 Å². The molecule has 0 bridgehead atoms. The number of H-pyrrole nitrogens is 1. The van der Waals surface area contributed by atoms with Crippen LogP contribution in [-0.2, 0) is 6.54 Å². The molecule has 4 nitrogen and oxygen atoms in total. The number of pyridine rings is 1. The van der Waals surface area contributed by atoms with E-state index in [9.17, 15) is 0 Å². The largest absolute Gasteiger partial charge is 0.466 e. The van der Waals surface area contributed by atoms with Crippen LogP contribution < -0.4 is 5.32 Å². The van der Waals surface area contributed by atoms with Crippen molar-refractivity contribution in [3.8, 4) is 0 Å². The maximum atomic E-state index is 5.59. The second-order valence-electron chi connectivity index (χ2n) is 5.18. The Morgan fingerprint density at radius 3 is 3.00 bits per heavy atom. The van der Waals surface area contributed by atoms with Crippen LogP contribution in [0, 0.1) is 13.8 Å². The summed E-state index contributed by atoms with van der Waals surface area (Å²) in [7, 11) is 0. The zero-order valence-electron chi connectivity index (χ0n) is 12.0. The summed E-state index contributed by atoms with van der Waals surface area (Å²) in [5.41, 5.74) is 3.39. The van der Waals surface area contributed by atoms with Crippen molar-refractivity contribution in [3.63, 3.8) is 0 Å². The minimum atomic E-state index is 0.258. The van der Waals surface area contributed by atoms with Crippen LogP contribution in [-0.4, -0.2) is 9.97 Å². The molecule has 3 aromatic rings. The fourth-order valence-corrected chi connectivity index (χ4v) is 2.61. The summed E-state index contributed by atoms with van der Waals surface area (Å²) in [5, 5.41) is 4.71. The van der Waals surface area contributed by atoms with Crippen LogP contribution in [0.25, 0.3) is 11.0 Å². The molecule has 0 aliphatic carbocycles. The number of aryl methyl sites for hydroxylation is 2. The van der Waals surface area contributed by atoms with Crippen LogP contribution in [0.4, 0.5) is 0 Å². The number of nitrogens with one attached hydrogen (secondary N) is 2. The summed E-state index contributed by atoms with van der Waals surface area (Å²) in [6.07, 6.45) is 3.82. The van der Waals surface area contributed by atoms with Crippen molar-refractivity contribution in [2.24, 2.45) is 0 Å². The first-order valence-corrected chi connectivity index (χ1v) is 6.86. The molecule has 0 radical (unpaired) electrons. The topological polar surface area (TPSA) is 53.9 Å². The fraction of sp³-hybridized carbons (Fsp3) is 0.312. The van der Waals surface area contributed by atoms with Gasteiger partial charge in [-0.3, -0.25) is 0 Å². The minimum Gasteiger partial charge on any atom is -0.466 e. The predicted molar refractivity (Wildman–Crippen MR) is 79.5 cm³/mol. The van der Waals surface area contributed by atoms with Gasteiger partial charge in [-0.2, -0.15) is 0 Å². The van der Waals surface area contributed by atoms with Crippen LogP contribution in [0.5, 0.6) is 0 Å². The Morgan fingerprint density at radius 1 is 1.40 bits per heavy atom. The number of aromatic nitrogens is 2.